The first-order chi connectivity index (χ1) is 21.7. The average Bonchev–Trinajstić information content (AvgIpc) is 3.05. The molecular weight excluding hydrogens is 586 g/mol. The summed E-state index contributed by atoms with van der Waals surface area (Å²) >= 11 is 0. The molecule has 0 radical (unpaired) electrons. The number of ether oxygens (including phenoxy) is 2. The number of nitrogens with zero attached hydrogens (tertiary/aromatic N) is 7. The Balaban J connectivity index is 1.25. The fourth-order valence-electron chi connectivity index (χ4n) is 5.63. The lowest BCUT2D eigenvalue weighted by Crippen LogP contribution is -2.50. The molecule has 2 saturated heterocycles. The van der Waals surface area contributed by atoms with Gasteiger partial charge in [0.25, 0.3) is 12.3 Å². The maximum absolute atomic E-state index is 12.7. The number of benzene rings is 1. The molecule has 2 aliphatic heterocycles. The number of nitriles is 1. The predicted molar refractivity (Wildman–Crippen MR) is 163 cm³/mol. The molecule has 2 aromatic heterocycles. The molecular formula is C31H36F2N8O4. The van der Waals surface area contributed by atoms with E-state index in [9.17, 15) is 23.9 Å². The van der Waals surface area contributed by atoms with Gasteiger partial charge in [-0.05, 0) is 44.3 Å². The molecule has 1 amide bonds. The summed E-state index contributed by atoms with van der Waals surface area (Å²) in [4.78, 5) is 31.2. The number of amides is 1. The molecule has 238 valence electrons. The minimum absolute atomic E-state index is 0.169. The number of hydrogen-bond donors (Lipinski definition) is 2. The van der Waals surface area contributed by atoms with E-state index >= 15 is 0 Å². The van der Waals surface area contributed by atoms with Crippen molar-refractivity contribution < 1.29 is 28.2 Å². The number of methoxy groups -OCH3 is 1. The first-order valence-electron chi connectivity index (χ1n) is 14.7. The second kappa shape index (κ2) is 14.0. The topological polar surface area (TPSA) is 140 Å². The molecule has 0 spiro atoms. The number of rotatable bonds is 9. The Kier molecular flexibility index (Phi) is 9.90. The summed E-state index contributed by atoms with van der Waals surface area (Å²) in [5.74, 6) is 0.962. The van der Waals surface area contributed by atoms with Gasteiger partial charge in [0.05, 0.1) is 18.4 Å². The third kappa shape index (κ3) is 7.38. The summed E-state index contributed by atoms with van der Waals surface area (Å²) in [6.07, 6.45) is -3.60. The van der Waals surface area contributed by atoms with Crippen LogP contribution in [-0.2, 0) is 4.79 Å². The van der Waals surface area contributed by atoms with Crippen LogP contribution in [-0.4, -0.2) is 107 Å². The number of aliphatic hydroxyl groups is 1. The van der Waals surface area contributed by atoms with Crippen LogP contribution in [0, 0.1) is 11.3 Å². The van der Waals surface area contributed by atoms with E-state index in [1.807, 2.05) is 12.1 Å². The fourth-order valence-corrected chi connectivity index (χ4v) is 5.63. The number of anilines is 3. The molecule has 2 atom stereocenters. The van der Waals surface area contributed by atoms with E-state index in [1.165, 1.54) is 11.2 Å². The van der Waals surface area contributed by atoms with Crippen LogP contribution in [0.15, 0.2) is 42.7 Å². The number of pyridine rings is 1. The molecule has 1 aromatic carbocycles. The van der Waals surface area contributed by atoms with Gasteiger partial charge in [0.15, 0.2) is 6.10 Å². The summed E-state index contributed by atoms with van der Waals surface area (Å²) < 4.78 is 37.1. The average molecular weight is 623 g/mol. The molecule has 0 unspecified atom stereocenters. The highest BCUT2D eigenvalue weighted by Gasteiger charge is 2.33. The number of piperazine rings is 1. The number of likely N-dealkylation sites (N-methyl/N-ethyl adjacent to an activating group) is 1. The molecule has 4 heterocycles. The van der Waals surface area contributed by atoms with Crippen LogP contribution >= 0.6 is 0 Å². The Morgan fingerprint density at radius 2 is 1.89 bits per heavy atom. The second-order valence-corrected chi connectivity index (χ2v) is 11.2. The maximum atomic E-state index is 12.7. The van der Waals surface area contributed by atoms with Crippen molar-refractivity contribution in [1.29, 1.82) is 5.26 Å². The highest BCUT2D eigenvalue weighted by atomic mass is 19.3. The molecule has 2 N–H and O–H groups in total. The van der Waals surface area contributed by atoms with Crippen molar-refractivity contribution in [2.75, 3.05) is 57.1 Å². The highest BCUT2D eigenvalue weighted by Crippen LogP contribution is 2.32. The normalized spacial score (nSPS) is 18.4. The fraction of sp³-hybridized carbons (Fsp3) is 0.452. The number of nitrogens with one attached hydrogen (secondary N) is 1. The number of hydrogen-bond acceptors (Lipinski definition) is 11. The molecule has 45 heavy (non-hydrogen) atoms. The Bertz CT molecular complexity index is 1550. The van der Waals surface area contributed by atoms with Crippen LogP contribution in [0.3, 0.4) is 0 Å². The van der Waals surface area contributed by atoms with Gasteiger partial charge in [-0.25, -0.2) is 18.7 Å². The van der Waals surface area contributed by atoms with E-state index in [-0.39, 0.29) is 19.2 Å². The maximum Gasteiger partial charge on any atom is 0.273 e. The van der Waals surface area contributed by atoms with Crippen LogP contribution in [0.2, 0.25) is 0 Å². The van der Waals surface area contributed by atoms with Crippen molar-refractivity contribution in [2.45, 2.75) is 44.4 Å². The molecule has 2 aliphatic rings. The van der Waals surface area contributed by atoms with Crippen molar-refractivity contribution in [3.05, 3.63) is 48.3 Å². The monoisotopic (exact) mass is 622 g/mol. The minimum Gasteiger partial charge on any atom is -0.489 e. The summed E-state index contributed by atoms with van der Waals surface area (Å²) in [6.45, 7) is 5.30. The number of likely N-dealkylation sites (tertiary alicyclic amines) is 1. The predicted octanol–water partition coefficient (Wildman–Crippen LogP) is 3.30. The third-order valence-corrected chi connectivity index (χ3v) is 8.03. The van der Waals surface area contributed by atoms with E-state index < -0.39 is 18.4 Å². The lowest BCUT2D eigenvalue weighted by atomic mass is 10.1. The Morgan fingerprint density at radius 3 is 2.58 bits per heavy atom. The summed E-state index contributed by atoms with van der Waals surface area (Å²) in [5, 5.41) is 22.4. The zero-order valence-corrected chi connectivity index (χ0v) is 25.4. The van der Waals surface area contributed by atoms with Gasteiger partial charge < -0.3 is 34.6 Å². The number of alkyl halides is 2. The van der Waals surface area contributed by atoms with E-state index in [2.05, 4.69) is 50.1 Å². The SMILES string of the molecule is COc1nc(Nc2cc(-c3ccc(OC4CCN(C(=O)[C@@H](O)C(F)F)CC4)c(C#N)c3)ncn2)ccc1N1CCN(C)C[C@@H]1C. The van der Waals surface area contributed by atoms with Gasteiger partial charge in [-0.3, -0.25) is 4.79 Å². The van der Waals surface area contributed by atoms with E-state index in [1.54, 1.807) is 31.4 Å². The Hall–Kier alpha value is -4.61. The standard InChI is InChI=1S/C31H36F2N8O4/c1-19-17-39(2)12-13-41(19)24-5-7-26(38-30(24)44-3)37-27-15-23(35-18-36-27)20-4-6-25(21(14-20)16-34)45-22-8-10-40(11-9-22)31(43)28(42)29(32)33/h4-7,14-15,18-19,22,28-29,42H,8-13,17H2,1-3H3,(H,35,36,37,38)/t19-,28-/m0/s1. The van der Waals surface area contributed by atoms with Crippen LogP contribution < -0.4 is 19.7 Å². The lowest BCUT2D eigenvalue weighted by Gasteiger charge is -2.40. The molecule has 0 bridgehead atoms. The first kappa shape index (κ1) is 31.8. The van der Waals surface area contributed by atoms with Crippen molar-refractivity contribution in [3.8, 4) is 29.0 Å². The second-order valence-electron chi connectivity index (χ2n) is 11.2. The smallest absolute Gasteiger partial charge is 0.273 e. The first-order valence-corrected chi connectivity index (χ1v) is 14.7. The van der Waals surface area contributed by atoms with Crippen LogP contribution in [0.25, 0.3) is 11.3 Å². The van der Waals surface area contributed by atoms with E-state index in [0.717, 1.165) is 25.3 Å². The van der Waals surface area contributed by atoms with Gasteiger partial charge in [-0.2, -0.15) is 10.2 Å². The Morgan fingerprint density at radius 1 is 1.11 bits per heavy atom. The van der Waals surface area contributed by atoms with Gasteiger partial charge in [-0.15, -0.1) is 0 Å². The molecule has 3 aromatic rings. The van der Waals surface area contributed by atoms with E-state index in [0.29, 0.717) is 59.0 Å². The van der Waals surface area contributed by atoms with Crippen molar-refractivity contribution >= 4 is 23.2 Å². The molecule has 14 heteroatoms. The third-order valence-electron chi connectivity index (χ3n) is 8.03. The summed E-state index contributed by atoms with van der Waals surface area (Å²) in [7, 11) is 3.72. The van der Waals surface area contributed by atoms with Gasteiger partial charge in [0.2, 0.25) is 5.88 Å². The summed E-state index contributed by atoms with van der Waals surface area (Å²) in [6, 6.07) is 13.2. The number of piperidine rings is 1. The summed E-state index contributed by atoms with van der Waals surface area (Å²) in [5.41, 5.74) is 2.49. The zero-order valence-electron chi connectivity index (χ0n) is 25.4. The quantitative estimate of drug-likeness (QED) is 0.363. The molecule has 0 aliphatic carbocycles. The van der Waals surface area contributed by atoms with Gasteiger partial charge in [0.1, 0.15) is 41.6 Å². The van der Waals surface area contributed by atoms with Gasteiger partial charge in [-0.1, -0.05) is 0 Å². The van der Waals surface area contributed by atoms with Gasteiger partial charge >= 0.3 is 0 Å². The van der Waals surface area contributed by atoms with Crippen LogP contribution in [0.4, 0.5) is 26.1 Å². The van der Waals surface area contributed by atoms with Crippen molar-refractivity contribution in [2.24, 2.45) is 0 Å². The van der Waals surface area contributed by atoms with Crippen LogP contribution in [0.5, 0.6) is 11.6 Å². The van der Waals surface area contributed by atoms with E-state index in [4.69, 9.17) is 9.47 Å². The number of halogens is 2. The van der Waals surface area contributed by atoms with Crippen LogP contribution in [0.1, 0.15) is 25.3 Å². The van der Waals surface area contributed by atoms with Crippen molar-refractivity contribution in [3.63, 3.8) is 0 Å². The van der Waals surface area contributed by atoms with Gasteiger partial charge in [0, 0.05) is 63.2 Å². The largest absolute Gasteiger partial charge is 0.489 e. The lowest BCUT2D eigenvalue weighted by molar-refractivity contribution is -0.150. The Labute approximate surface area is 260 Å². The number of carbonyl (C=O) groups is 1. The molecule has 2 fully saturated rings. The highest BCUT2D eigenvalue weighted by molar-refractivity contribution is 5.81. The molecule has 5 rings (SSSR count). The number of carbonyl (C=O) groups excluding carboxylic acids is 1. The number of aliphatic hydroxyl groups excluding tert-OH is 1. The zero-order chi connectivity index (χ0) is 32.1. The number of aromatic nitrogens is 3. The molecule has 0 saturated carbocycles. The van der Waals surface area contributed by atoms with Crippen molar-refractivity contribution in [1.82, 2.24) is 24.8 Å². The molecule has 12 nitrogen and oxygen atoms in total. The minimum atomic E-state index is -3.13.